The SMILES string of the molecule is COC(=O)C1(c2ccccc2)CCN(C(=O)C(NC(=O)c2ccccc2C)C(C)C)CC1. The molecule has 0 spiro atoms. The van der Waals surface area contributed by atoms with Crippen LogP contribution in [-0.2, 0) is 19.7 Å². The molecule has 6 heteroatoms. The van der Waals surface area contributed by atoms with Crippen LogP contribution in [-0.4, -0.2) is 48.9 Å². The first-order valence-electron chi connectivity index (χ1n) is 11.1. The molecule has 0 aromatic heterocycles. The summed E-state index contributed by atoms with van der Waals surface area (Å²) in [6.07, 6.45) is 0.956. The third kappa shape index (κ3) is 4.69. The minimum absolute atomic E-state index is 0.0723. The highest BCUT2D eigenvalue weighted by molar-refractivity contribution is 5.98. The Bertz CT molecular complexity index is 963. The van der Waals surface area contributed by atoms with Gasteiger partial charge >= 0.3 is 5.97 Å². The quantitative estimate of drug-likeness (QED) is 0.704. The van der Waals surface area contributed by atoms with E-state index in [0.717, 1.165) is 11.1 Å². The number of nitrogens with zero attached hydrogens (tertiary/aromatic N) is 1. The van der Waals surface area contributed by atoms with E-state index in [1.165, 1.54) is 7.11 Å². The van der Waals surface area contributed by atoms with Gasteiger partial charge in [-0.15, -0.1) is 0 Å². The number of piperidine rings is 1. The number of benzene rings is 2. The summed E-state index contributed by atoms with van der Waals surface area (Å²) in [5.41, 5.74) is 1.58. The Hall–Kier alpha value is -3.15. The van der Waals surface area contributed by atoms with E-state index in [1.807, 2.05) is 69.3 Å². The van der Waals surface area contributed by atoms with Gasteiger partial charge in [-0.05, 0) is 42.9 Å². The van der Waals surface area contributed by atoms with Gasteiger partial charge in [0, 0.05) is 18.7 Å². The molecular weight excluding hydrogens is 404 g/mol. The van der Waals surface area contributed by atoms with Crippen molar-refractivity contribution >= 4 is 17.8 Å². The van der Waals surface area contributed by atoms with Crippen LogP contribution in [0.1, 0.15) is 48.2 Å². The molecule has 1 heterocycles. The van der Waals surface area contributed by atoms with E-state index in [-0.39, 0.29) is 23.7 Å². The molecule has 1 N–H and O–H groups in total. The third-order valence-corrected chi connectivity index (χ3v) is 6.44. The van der Waals surface area contributed by atoms with Crippen LogP contribution < -0.4 is 5.32 Å². The van der Waals surface area contributed by atoms with Gasteiger partial charge in [0.15, 0.2) is 0 Å². The maximum absolute atomic E-state index is 13.4. The van der Waals surface area contributed by atoms with E-state index >= 15 is 0 Å². The minimum atomic E-state index is -0.759. The Morgan fingerprint density at radius 1 is 0.969 bits per heavy atom. The van der Waals surface area contributed by atoms with Crippen LogP contribution in [0.4, 0.5) is 0 Å². The second kappa shape index (κ2) is 9.98. The summed E-state index contributed by atoms with van der Waals surface area (Å²) in [4.78, 5) is 40.7. The van der Waals surface area contributed by atoms with Crippen molar-refractivity contribution in [3.05, 3.63) is 71.3 Å². The number of hydrogen-bond acceptors (Lipinski definition) is 4. The molecule has 1 aliphatic heterocycles. The molecule has 1 saturated heterocycles. The van der Waals surface area contributed by atoms with Gasteiger partial charge in [0.1, 0.15) is 6.04 Å². The summed E-state index contributed by atoms with van der Waals surface area (Å²) < 4.78 is 5.14. The number of rotatable bonds is 6. The van der Waals surface area contributed by atoms with E-state index in [0.29, 0.717) is 31.5 Å². The van der Waals surface area contributed by atoms with Gasteiger partial charge in [-0.2, -0.15) is 0 Å². The molecule has 0 radical (unpaired) electrons. The molecule has 170 valence electrons. The lowest BCUT2D eigenvalue weighted by molar-refractivity contribution is -0.152. The molecule has 1 atom stereocenters. The predicted molar refractivity (Wildman–Crippen MR) is 123 cm³/mol. The van der Waals surface area contributed by atoms with Crippen molar-refractivity contribution in [1.29, 1.82) is 0 Å². The molecule has 32 heavy (non-hydrogen) atoms. The Balaban J connectivity index is 1.75. The number of ether oxygens (including phenoxy) is 1. The number of hydrogen-bond donors (Lipinski definition) is 1. The van der Waals surface area contributed by atoms with E-state index < -0.39 is 11.5 Å². The maximum Gasteiger partial charge on any atom is 0.316 e. The number of esters is 1. The second-order valence-corrected chi connectivity index (χ2v) is 8.78. The van der Waals surface area contributed by atoms with Crippen molar-refractivity contribution in [3.63, 3.8) is 0 Å². The summed E-state index contributed by atoms with van der Waals surface area (Å²) in [6, 6.07) is 16.3. The highest BCUT2D eigenvalue weighted by Crippen LogP contribution is 2.37. The van der Waals surface area contributed by atoms with Crippen molar-refractivity contribution in [1.82, 2.24) is 10.2 Å². The molecule has 2 amide bonds. The van der Waals surface area contributed by atoms with E-state index in [4.69, 9.17) is 4.74 Å². The monoisotopic (exact) mass is 436 g/mol. The first kappa shape index (κ1) is 23.5. The smallest absolute Gasteiger partial charge is 0.316 e. The molecule has 1 unspecified atom stereocenters. The van der Waals surface area contributed by atoms with Gasteiger partial charge in [0.05, 0.1) is 12.5 Å². The summed E-state index contributed by atoms with van der Waals surface area (Å²) in [5.74, 6) is -0.713. The lowest BCUT2D eigenvalue weighted by atomic mass is 9.72. The van der Waals surface area contributed by atoms with Crippen LogP contribution >= 0.6 is 0 Å². The van der Waals surface area contributed by atoms with Gasteiger partial charge in [-0.1, -0.05) is 62.4 Å². The molecule has 3 rings (SSSR count). The fourth-order valence-electron chi connectivity index (χ4n) is 4.43. The fourth-order valence-corrected chi connectivity index (χ4v) is 4.43. The summed E-state index contributed by atoms with van der Waals surface area (Å²) >= 11 is 0. The zero-order valence-electron chi connectivity index (χ0n) is 19.3. The Morgan fingerprint density at radius 3 is 2.12 bits per heavy atom. The van der Waals surface area contributed by atoms with E-state index in [9.17, 15) is 14.4 Å². The predicted octanol–water partition coefficient (Wildman–Crippen LogP) is 3.48. The van der Waals surface area contributed by atoms with Crippen LogP contribution in [0.5, 0.6) is 0 Å². The lowest BCUT2D eigenvalue weighted by Crippen LogP contribution is -2.56. The molecule has 1 aliphatic rings. The first-order valence-corrected chi connectivity index (χ1v) is 11.1. The highest BCUT2D eigenvalue weighted by Gasteiger charge is 2.45. The molecule has 6 nitrogen and oxygen atoms in total. The largest absolute Gasteiger partial charge is 0.468 e. The van der Waals surface area contributed by atoms with Crippen LogP contribution in [0.2, 0.25) is 0 Å². The number of aryl methyl sites for hydroxylation is 1. The standard InChI is InChI=1S/C26H32N2O4/c1-18(2)22(27-23(29)21-13-9-8-10-19(21)3)24(30)28-16-14-26(15-17-28,25(31)32-4)20-11-6-5-7-12-20/h5-13,18,22H,14-17H2,1-4H3,(H,27,29). The molecular formula is C26H32N2O4. The van der Waals surface area contributed by atoms with Crippen LogP contribution in [0.15, 0.2) is 54.6 Å². The average molecular weight is 437 g/mol. The van der Waals surface area contributed by atoms with Gasteiger partial charge in [-0.25, -0.2) is 0 Å². The molecule has 0 bridgehead atoms. The molecule has 2 aromatic carbocycles. The van der Waals surface area contributed by atoms with Crippen LogP contribution in [0.3, 0.4) is 0 Å². The third-order valence-electron chi connectivity index (χ3n) is 6.44. The van der Waals surface area contributed by atoms with E-state index in [1.54, 1.807) is 11.0 Å². The summed E-state index contributed by atoms with van der Waals surface area (Å²) in [7, 11) is 1.40. The number of amides is 2. The normalized spacial score (nSPS) is 16.3. The average Bonchev–Trinajstić information content (AvgIpc) is 2.82. The molecule has 0 aliphatic carbocycles. The van der Waals surface area contributed by atoms with Crippen LogP contribution in [0.25, 0.3) is 0 Å². The molecule has 0 saturated carbocycles. The first-order chi connectivity index (χ1) is 15.3. The number of nitrogens with one attached hydrogen (secondary N) is 1. The van der Waals surface area contributed by atoms with Gasteiger partial charge in [-0.3, -0.25) is 14.4 Å². The second-order valence-electron chi connectivity index (χ2n) is 8.78. The van der Waals surface area contributed by atoms with Crippen LogP contribution in [0, 0.1) is 12.8 Å². The zero-order chi connectivity index (χ0) is 23.3. The van der Waals surface area contributed by atoms with Crippen molar-refractivity contribution in [2.75, 3.05) is 20.2 Å². The topological polar surface area (TPSA) is 75.7 Å². The van der Waals surface area contributed by atoms with Gasteiger partial charge in [0.2, 0.25) is 5.91 Å². The Labute approximate surface area is 189 Å². The zero-order valence-corrected chi connectivity index (χ0v) is 19.3. The number of carbonyl (C=O) groups is 3. The Kier molecular flexibility index (Phi) is 7.33. The summed E-state index contributed by atoms with van der Waals surface area (Å²) in [5, 5.41) is 2.94. The fraction of sp³-hybridized carbons (Fsp3) is 0.423. The van der Waals surface area contributed by atoms with Gasteiger partial charge in [0.25, 0.3) is 5.91 Å². The number of carbonyl (C=O) groups excluding carboxylic acids is 3. The lowest BCUT2D eigenvalue weighted by Gasteiger charge is -2.41. The van der Waals surface area contributed by atoms with E-state index in [2.05, 4.69) is 5.32 Å². The number of likely N-dealkylation sites (tertiary alicyclic amines) is 1. The highest BCUT2D eigenvalue weighted by atomic mass is 16.5. The molecule has 1 fully saturated rings. The van der Waals surface area contributed by atoms with Crippen molar-refractivity contribution in [2.45, 2.75) is 45.1 Å². The molecule has 2 aromatic rings. The minimum Gasteiger partial charge on any atom is -0.468 e. The van der Waals surface area contributed by atoms with Crippen molar-refractivity contribution in [2.24, 2.45) is 5.92 Å². The van der Waals surface area contributed by atoms with Crippen molar-refractivity contribution in [3.8, 4) is 0 Å². The Morgan fingerprint density at radius 2 is 1.56 bits per heavy atom. The van der Waals surface area contributed by atoms with Crippen molar-refractivity contribution < 1.29 is 19.1 Å². The number of methoxy groups -OCH3 is 1. The van der Waals surface area contributed by atoms with Gasteiger partial charge < -0.3 is 15.0 Å². The summed E-state index contributed by atoms with van der Waals surface area (Å²) in [6.45, 7) is 6.57. The maximum atomic E-state index is 13.4.